The maximum atomic E-state index is 11.9. The molecule has 0 spiro atoms. The van der Waals surface area contributed by atoms with E-state index >= 15 is 0 Å². The zero-order valence-electron chi connectivity index (χ0n) is 11.0. The summed E-state index contributed by atoms with van der Waals surface area (Å²) in [6, 6.07) is 0. The molecule has 1 amide bonds. The van der Waals surface area contributed by atoms with Crippen molar-refractivity contribution in [3.05, 3.63) is 10.6 Å². The van der Waals surface area contributed by atoms with Crippen molar-refractivity contribution in [2.24, 2.45) is 17.3 Å². The van der Waals surface area contributed by atoms with Crippen LogP contribution in [0.15, 0.2) is 10.6 Å². The summed E-state index contributed by atoms with van der Waals surface area (Å²) in [5.74, 6) is -2.81. The van der Waals surface area contributed by atoms with Crippen LogP contribution in [0.5, 0.6) is 0 Å². The Balaban J connectivity index is 2.43. The van der Waals surface area contributed by atoms with Crippen LogP contribution in [0, 0.1) is 17.3 Å². The van der Waals surface area contributed by atoms with Crippen LogP contribution in [-0.4, -0.2) is 36.1 Å². The molecule has 1 aliphatic carbocycles. The third kappa shape index (κ3) is 4.38. The van der Waals surface area contributed by atoms with Gasteiger partial charge >= 0.3 is 11.9 Å². The van der Waals surface area contributed by atoms with Crippen LogP contribution < -0.4 is 5.32 Å². The largest absolute Gasteiger partial charge is 0.479 e. The van der Waals surface area contributed by atoms with Gasteiger partial charge in [-0.2, -0.15) is 0 Å². The van der Waals surface area contributed by atoms with Crippen molar-refractivity contribution in [2.45, 2.75) is 13.8 Å². The van der Waals surface area contributed by atoms with E-state index in [1.54, 1.807) is 6.08 Å². The van der Waals surface area contributed by atoms with E-state index in [4.69, 9.17) is 28.3 Å². The van der Waals surface area contributed by atoms with Gasteiger partial charge in [-0.1, -0.05) is 37.0 Å². The van der Waals surface area contributed by atoms with Gasteiger partial charge in [-0.15, -0.1) is 0 Å². The van der Waals surface area contributed by atoms with Crippen molar-refractivity contribution in [2.75, 3.05) is 13.2 Å². The van der Waals surface area contributed by atoms with E-state index in [1.807, 2.05) is 13.8 Å². The Morgan fingerprint density at radius 1 is 1.35 bits per heavy atom. The average molecular weight is 324 g/mol. The Kier molecular flexibility index (Phi) is 5.42. The molecule has 2 N–H and O–H groups in total. The summed E-state index contributed by atoms with van der Waals surface area (Å²) in [6.45, 7) is 2.68. The molecular formula is C12H15Cl2NO5. The number of amides is 1. The van der Waals surface area contributed by atoms with E-state index in [0.717, 1.165) is 0 Å². The number of aliphatic carboxylic acids is 1. The van der Waals surface area contributed by atoms with E-state index in [-0.39, 0.29) is 34.2 Å². The molecule has 0 aromatic carbocycles. The number of hydrogen-bond acceptors (Lipinski definition) is 4. The lowest BCUT2D eigenvalue weighted by Gasteiger charge is -2.05. The van der Waals surface area contributed by atoms with Gasteiger partial charge < -0.3 is 15.2 Å². The summed E-state index contributed by atoms with van der Waals surface area (Å²) in [5, 5.41) is 10.7. The molecule has 1 saturated carbocycles. The summed E-state index contributed by atoms with van der Waals surface area (Å²) in [5.41, 5.74) is -0.288. The molecule has 1 aliphatic rings. The first-order valence-electron chi connectivity index (χ1n) is 5.84. The van der Waals surface area contributed by atoms with Crippen LogP contribution in [0.2, 0.25) is 0 Å². The second-order valence-corrected chi connectivity index (χ2v) is 6.06. The molecule has 1 fully saturated rings. The second-order valence-electron chi connectivity index (χ2n) is 5.05. The monoisotopic (exact) mass is 323 g/mol. The van der Waals surface area contributed by atoms with Crippen molar-refractivity contribution in [1.82, 2.24) is 5.32 Å². The van der Waals surface area contributed by atoms with E-state index < -0.39 is 18.5 Å². The molecule has 0 aromatic rings. The highest BCUT2D eigenvalue weighted by molar-refractivity contribution is 6.55. The minimum atomic E-state index is -1.25. The minimum Gasteiger partial charge on any atom is -0.479 e. The number of carboxylic acids is 1. The molecule has 0 aliphatic heterocycles. The fraction of sp³-hybridized carbons (Fsp3) is 0.583. The Hall–Kier alpha value is -1.27. The smallest absolute Gasteiger partial charge is 0.341 e. The molecule has 0 saturated heterocycles. The molecule has 0 bridgehead atoms. The van der Waals surface area contributed by atoms with Crippen LogP contribution in [-0.2, 0) is 19.1 Å². The standard InChI is InChI=1S/C12H15Cl2NO5/c1-12(2)6(3-7(13)14)10(12)11(19)15-4-9(18)20-5-8(16)17/h3,6,10H,4-5H2,1-2H3,(H,15,19)(H,16,17)/t6-,10+/m0/s1. The molecular weight excluding hydrogens is 309 g/mol. The fourth-order valence-electron chi connectivity index (χ4n) is 2.09. The van der Waals surface area contributed by atoms with Gasteiger partial charge in [-0.25, -0.2) is 4.79 Å². The van der Waals surface area contributed by atoms with Crippen molar-refractivity contribution in [1.29, 1.82) is 0 Å². The molecule has 2 atom stereocenters. The highest BCUT2D eigenvalue weighted by Gasteiger charge is 2.60. The second kappa shape index (κ2) is 6.45. The van der Waals surface area contributed by atoms with Crippen molar-refractivity contribution in [3.8, 4) is 0 Å². The first-order valence-corrected chi connectivity index (χ1v) is 6.59. The third-order valence-corrected chi connectivity index (χ3v) is 3.51. The normalized spacial score (nSPS) is 22.6. The van der Waals surface area contributed by atoms with E-state index in [1.165, 1.54) is 0 Å². The fourth-order valence-corrected chi connectivity index (χ4v) is 2.36. The first-order chi connectivity index (χ1) is 9.16. The minimum absolute atomic E-state index is 0.0949. The Morgan fingerprint density at radius 2 is 1.95 bits per heavy atom. The van der Waals surface area contributed by atoms with Gasteiger partial charge in [-0.3, -0.25) is 9.59 Å². The predicted molar refractivity (Wildman–Crippen MR) is 72.2 cm³/mol. The topological polar surface area (TPSA) is 92.7 Å². The number of carboxylic acid groups (broad SMARTS) is 1. The quantitative estimate of drug-likeness (QED) is 0.719. The van der Waals surface area contributed by atoms with Gasteiger partial charge in [-0.05, 0) is 17.4 Å². The lowest BCUT2D eigenvalue weighted by atomic mass is 10.1. The number of carbonyl (C=O) groups is 3. The molecule has 112 valence electrons. The summed E-state index contributed by atoms with van der Waals surface area (Å²) < 4.78 is 4.49. The van der Waals surface area contributed by atoms with Gasteiger partial charge in [0, 0.05) is 0 Å². The molecule has 20 heavy (non-hydrogen) atoms. The first kappa shape index (κ1) is 16.8. The summed E-state index contributed by atoms with van der Waals surface area (Å²) in [7, 11) is 0. The van der Waals surface area contributed by atoms with Crippen LogP contribution in [0.4, 0.5) is 0 Å². The Bertz CT molecular complexity index is 457. The molecule has 0 unspecified atom stereocenters. The van der Waals surface area contributed by atoms with Gasteiger partial charge in [0.05, 0.1) is 5.92 Å². The van der Waals surface area contributed by atoms with Crippen LogP contribution in [0.1, 0.15) is 13.8 Å². The van der Waals surface area contributed by atoms with Gasteiger partial charge in [0.15, 0.2) is 6.61 Å². The zero-order valence-corrected chi connectivity index (χ0v) is 12.5. The summed E-state index contributed by atoms with van der Waals surface area (Å²) in [4.78, 5) is 33.3. The lowest BCUT2D eigenvalue weighted by molar-refractivity contribution is -0.154. The maximum absolute atomic E-state index is 11.9. The molecule has 8 heteroatoms. The molecule has 0 radical (unpaired) electrons. The molecule has 1 rings (SSSR count). The SMILES string of the molecule is CC1(C)[C@@H](C=C(Cl)Cl)[C@@H]1C(=O)NCC(=O)OCC(=O)O. The summed E-state index contributed by atoms with van der Waals surface area (Å²) >= 11 is 11.1. The Labute approximate surface area is 126 Å². The number of hydrogen-bond donors (Lipinski definition) is 2. The molecule has 0 heterocycles. The Morgan fingerprint density at radius 3 is 2.45 bits per heavy atom. The highest BCUT2D eigenvalue weighted by atomic mass is 35.5. The van der Waals surface area contributed by atoms with Crippen molar-refractivity contribution < 1.29 is 24.2 Å². The zero-order chi connectivity index (χ0) is 15.5. The molecule has 0 aromatic heterocycles. The summed E-state index contributed by atoms with van der Waals surface area (Å²) in [6.07, 6.45) is 1.59. The average Bonchev–Trinajstić information content (AvgIpc) is 2.84. The number of nitrogens with one attached hydrogen (secondary N) is 1. The number of allylic oxidation sites excluding steroid dienone is 1. The van der Waals surface area contributed by atoms with Gasteiger partial charge in [0.25, 0.3) is 0 Å². The highest BCUT2D eigenvalue weighted by Crippen LogP contribution is 2.59. The van der Waals surface area contributed by atoms with E-state index in [9.17, 15) is 14.4 Å². The maximum Gasteiger partial charge on any atom is 0.341 e. The lowest BCUT2D eigenvalue weighted by Crippen LogP contribution is -2.33. The number of ether oxygens (including phenoxy) is 1. The van der Waals surface area contributed by atoms with Crippen LogP contribution in [0.25, 0.3) is 0 Å². The number of esters is 1. The number of halogens is 2. The number of rotatable bonds is 6. The van der Waals surface area contributed by atoms with Crippen LogP contribution >= 0.6 is 23.2 Å². The van der Waals surface area contributed by atoms with Crippen molar-refractivity contribution in [3.63, 3.8) is 0 Å². The predicted octanol–water partition coefficient (Wildman–Crippen LogP) is 1.32. The van der Waals surface area contributed by atoms with E-state index in [0.29, 0.717) is 0 Å². The van der Waals surface area contributed by atoms with Crippen LogP contribution in [0.3, 0.4) is 0 Å². The third-order valence-electron chi connectivity index (χ3n) is 3.26. The van der Waals surface area contributed by atoms with Crippen molar-refractivity contribution >= 4 is 41.0 Å². The molecule has 6 nitrogen and oxygen atoms in total. The van der Waals surface area contributed by atoms with Gasteiger partial charge in [0.1, 0.15) is 11.0 Å². The number of carbonyl (C=O) groups excluding carboxylic acids is 2. The van der Waals surface area contributed by atoms with E-state index in [2.05, 4.69) is 10.1 Å². The van der Waals surface area contributed by atoms with Gasteiger partial charge in [0.2, 0.25) is 5.91 Å².